The lowest BCUT2D eigenvalue weighted by molar-refractivity contribution is 0.236. The van der Waals surface area contributed by atoms with Crippen molar-refractivity contribution in [3.05, 3.63) is 95.6 Å². The van der Waals surface area contributed by atoms with Crippen LogP contribution in [0.2, 0.25) is 0 Å². The van der Waals surface area contributed by atoms with Crippen LogP contribution in [0.5, 0.6) is 0 Å². The molecule has 3 aromatic carbocycles. The number of rotatable bonds is 5. The lowest BCUT2D eigenvalue weighted by Gasteiger charge is -2.21. The SMILES string of the molecule is CC(C)(C)[C@H]1COC(c2ccccc2Nc2ccccc2C2=N[C@@H](c3ccccc3)CS2)=N1. The highest BCUT2D eigenvalue weighted by molar-refractivity contribution is 8.14. The van der Waals surface area contributed by atoms with Crippen molar-refractivity contribution in [2.24, 2.45) is 15.4 Å². The number of benzene rings is 3. The van der Waals surface area contributed by atoms with Gasteiger partial charge in [0.1, 0.15) is 11.7 Å². The largest absolute Gasteiger partial charge is 0.475 e. The van der Waals surface area contributed by atoms with Gasteiger partial charge in [-0.3, -0.25) is 4.99 Å². The normalized spacial score (nSPS) is 20.2. The minimum atomic E-state index is 0.0733. The third kappa shape index (κ3) is 4.69. The van der Waals surface area contributed by atoms with E-state index in [1.807, 2.05) is 23.9 Å². The summed E-state index contributed by atoms with van der Waals surface area (Å²) < 4.78 is 6.03. The van der Waals surface area contributed by atoms with Gasteiger partial charge in [-0.1, -0.05) is 81.4 Å². The van der Waals surface area contributed by atoms with Gasteiger partial charge in [-0.05, 0) is 29.2 Å². The topological polar surface area (TPSA) is 46.0 Å². The predicted octanol–water partition coefficient (Wildman–Crippen LogP) is 6.86. The fraction of sp³-hybridized carbons (Fsp3) is 0.286. The Morgan fingerprint density at radius 3 is 2.15 bits per heavy atom. The van der Waals surface area contributed by atoms with Crippen molar-refractivity contribution in [1.82, 2.24) is 0 Å². The average molecular weight is 456 g/mol. The van der Waals surface area contributed by atoms with Gasteiger partial charge < -0.3 is 10.1 Å². The molecule has 0 aromatic heterocycles. The molecule has 2 aliphatic rings. The molecule has 3 aromatic rings. The van der Waals surface area contributed by atoms with Crippen LogP contribution in [-0.2, 0) is 4.74 Å². The second-order valence-electron chi connectivity index (χ2n) is 9.51. The zero-order chi connectivity index (χ0) is 22.8. The first kappa shape index (κ1) is 21.8. The maximum absolute atomic E-state index is 6.03. The molecule has 5 heteroatoms. The van der Waals surface area contributed by atoms with Gasteiger partial charge in [-0.15, -0.1) is 11.8 Å². The van der Waals surface area contributed by atoms with E-state index in [-0.39, 0.29) is 17.5 Å². The summed E-state index contributed by atoms with van der Waals surface area (Å²) in [5.41, 5.74) is 5.47. The number of hydrogen-bond acceptors (Lipinski definition) is 5. The summed E-state index contributed by atoms with van der Waals surface area (Å²) in [7, 11) is 0. The second-order valence-corrected chi connectivity index (χ2v) is 10.5. The Hall–Kier alpha value is -3.05. The fourth-order valence-electron chi connectivity index (χ4n) is 4.03. The Bertz CT molecular complexity index is 1200. The number of nitrogens with zero attached hydrogens (tertiary/aromatic N) is 2. The van der Waals surface area contributed by atoms with Gasteiger partial charge in [0.2, 0.25) is 5.90 Å². The van der Waals surface area contributed by atoms with Crippen molar-refractivity contribution in [3.63, 3.8) is 0 Å². The van der Waals surface area contributed by atoms with Crippen molar-refractivity contribution in [2.75, 3.05) is 17.7 Å². The molecule has 0 fully saturated rings. The van der Waals surface area contributed by atoms with E-state index in [1.165, 1.54) is 5.56 Å². The molecule has 0 spiro atoms. The molecule has 2 heterocycles. The van der Waals surface area contributed by atoms with Crippen molar-refractivity contribution >= 4 is 34.1 Å². The number of aliphatic imine (C=N–C) groups is 2. The Morgan fingerprint density at radius 1 is 0.818 bits per heavy atom. The lowest BCUT2D eigenvalue weighted by atomic mass is 9.88. The third-order valence-corrected chi connectivity index (χ3v) is 7.15. The summed E-state index contributed by atoms with van der Waals surface area (Å²) in [5.74, 6) is 1.68. The van der Waals surface area contributed by atoms with E-state index in [0.717, 1.165) is 33.3 Å². The molecule has 33 heavy (non-hydrogen) atoms. The van der Waals surface area contributed by atoms with Crippen LogP contribution in [0.25, 0.3) is 0 Å². The Labute approximate surface area is 200 Å². The lowest BCUT2D eigenvalue weighted by Crippen LogP contribution is -2.25. The molecule has 0 saturated carbocycles. The highest BCUT2D eigenvalue weighted by atomic mass is 32.2. The standard InChI is InChI=1S/C28H29N3OS/c1-28(2,3)25-17-32-26(31-25)20-13-7-9-15-22(20)29-23-16-10-8-14-21(23)27-30-24(18-33-27)19-11-5-4-6-12-19/h4-16,24-25,29H,17-18H2,1-3H3/t24-,25-/m1/s1. The van der Waals surface area contributed by atoms with E-state index in [0.29, 0.717) is 12.5 Å². The Kier molecular flexibility index (Phi) is 5.98. The van der Waals surface area contributed by atoms with Crippen LogP contribution in [0.3, 0.4) is 0 Å². The quantitative estimate of drug-likeness (QED) is 0.457. The van der Waals surface area contributed by atoms with Gasteiger partial charge in [0, 0.05) is 17.0 Å². The number of anilines is 2. The van der Waals surface area contributed by atoms with E-state index in [4.69, 9.17) is 14.7 Å². The molecule has 2 atom stereocenters. The van der Waals surface area contributed by atoms with Crippen molar-refractivity contribution in [2.45, 2.75) is 32.9 Å². The fourth-order valence-corrected chi connectivity index (χ4v) is 5.15. The number of para-hydroxylation sites is 2. The van der Waals surface area contributed by atoms with Gasteiger partial charge in [-0.2, -0.15) is 0 Å². The third-order valence-electron chi connectivity index (χ3n) is 6.07. The maximum atomic E-state index is 6.03. The van der Waals surface area contributed by atoms with Crippen molar-refractivity contribution in [3.8, 4) is 0 Å². The Morgan fingerprint density at radius 2 is 1.45 bits per heavy atom. The summed E-state index contributed by atoms with van der Waals surface area (Å²) in [6.45, 7) is 7.24. The number of nitrogens with one attached hydrogen (secondary N) is 1. The smallest absolute Gasteiger partial charge is 0.218 e. The average Bonchev–Trinajstić information content (AvgIpc) is 3.51. The highest BCUT2D eigenvalue weighted by Gasteiger charge is 2.31. The van der Waals surface area contributed by atoms with Crippen LogP contribution in [-0.4, -0.2) is 29.3 Å². The zero-order valence-electron chi connectivity index (χ0n) is 19.3. The first-order valence-corrected chi connectivity index (χ1v) is 12.4. The zero-order valence-corrected chi connectivity index (χ0v) is 20.1. The molecule has 4 nitrogen and oxygen atoms in total. The summed E-state index contributed by atoms with van der Waals surface area (Å²) >= 11 is 1.82. The van der Waals surface area contributed by atoms with Crippen molar-refractivity contribution < 1.29 is 4.74 Å². The van der Waals surface area contributed by atoms with E-state index < -0.39 is 0 Å². The van der Waals surface area contributed by atoms with Crippen LogP contribution in [0.1, 0.15) is 43.5 Å². The van der Waals surface area contributed by atoms with Crippen LogP contribution in [0.15, 0.2) is 88.8 Å². The molecule has 0 radical (unpaired) electrons. The number of thioether (sulfide) groups is 1. The van der Waals surface area contributed by atoms with Crippen LogP contribution < -0.4 is 5.32 Å². The molecule has 2 aliphatic heterocycles. The van der Waals surface area contributed by atoms with Gasteiger partial charge in [-0.25, -0.2) is 4.99 Å². The van der Waals surface area contributed by atoms with Gasteiger partial charge >= 0.3 is 0 Å². The van der Waals surface area contributed by atoms with Gasteiger partial charge in [0.25, 0.3) is 0 Å². The minimum Gasteiger partial charge on any atom is -0.475 e. The molecule has 0 bridgehead atoms. The maximum Gasteiger partial charge on any atom is 0.218 e. The molecular formula is C28H29N3OS. The van der Waals surface area contributed by atoms with Gasteiger partial charge in [0.15, 0.2) is 0 Å². The first-order chi connectivity index (χ1) is 16.0. The van der Waals surface area contributed by atoms with Crippen LogP contribution in [0.4, 0.5) is 11.4 Å². The van der Waals surface area contributed by atoms with E-state index in [9.17, 15) is 0 Å². The molecule has 0 amide bonds. The first-order valence-electron chi connectivity index (χ1n) is 11.4. The minimum absolute atomic E-state index is 0.0733. The molecule has 0 saturated heterocycles. The summed E-state index contributed by atoms with van der Waals surface area (Å²) in [4.78, 5) is 9.96. The summed E-state index contributed by atoms with van der Waals surface area (Å²) in [6, 6.07) is 27.5. The Balaban J connectivity index is 1.44. The molecule has 0 unspecified atom stereocenters. The summed E-state index contributed by atoms with van der Waals surface area (Å²) in [5, 5.41) is 4.72. The molecule has 1 N–H and O–H groups in total. The van der Waals surface area contributed by atoms with Crippen molar-refractivity contribution in [1.29, 1.82) is 0 Å². The van der Waals surface area contributed by atoms with E-state index in [1.54, 1.807) is 0 Å². The monoisotopic (exact) mass is 455 g/mol. The number of ether oxygens (including phenoxy) is 1. The molecule has 168 valence electrons. The predicted molar refractivity (Wildman–Crippen MR) is 140 cm³/mol. The van der Waals surface area contributed by atoms with Gasteiger partial charge in [0.05, 0.1) is 23.3 Å². The number of hydrogen-bond donors (Lipinski definition) is 1. The van der Waals surface area contributed by atoms with Crippen LogP contribution in [0, 0.1) is 5.41 Å². The van der Waals surface area contributed by atoms with Crippen LogP contribution >= 0.6 is 11.8 Å². The molecule has 0 aliphatic carbocycles. The van der Waals surface area contributed by atoms with E-state index >= 15 is 0 Å². The second kappa shape index (κ2) is 9.06. The van der Waals surface area contributed by atoms with E-state index in [2.05, 4.69) is 92.8 Å². The molecule has 5 rings (SSSR count). The summed E-state index contributed by atoms with van der Waals surface area (Å²) in [6.07, 6.45) is 0. The highest BCUT2D eigenvalue weighted by Crippen LogP contribution is 2.36. The molecular weight excluding hydrogens is 426 g/mol.